The summed E-state index contributed by atoms with van der Waals surface area (Å²) in [6.45, 7) is 3.75. The molecule has 0 bridgehead atoms. The number of halogens is 3. The molecule has 0 atom stereocenters. The Morgan fingerprint density at radius 3 is 2.63 bits per heavy atom. The predicted molar refractivity (Wildman–Crippen MR) is 95.9 cm³/mol. The molecule has 0 amide bonds. The largest absolute Gasteiger partial charge is 0.573 e. The van der Waals surface area contributed by atoms with E-state index >= 15 is 0 Å². The molecule has 0 spiro atoms. The Labute approximate surface area is 156 Å². The van der Waals surface area contributed by atoms with Gasteiger partial charge in [0.25, 0.3) is 0 Å². The van der Waals surface area contributed by atoms with Crippen molar-refractivity contribution in [3.05, 3.63) is 53.2 Å². The maximum absolute atomic E-state index is 12.7. The fraction of sp³-hybridized carbons (Fsp3) is 0.450. The van der Waals surface area contributed by atoms with Crippen LogP contribution in [0.4, 0.5) is 13.2 Å². The van der Waals surface area contributed by atoms with E-state index in [-0.39, 0.29) is 12.4 Å². The van der Waals surface area contributed by atoms with Gasteiger partial charge in [0.2, 0.25) is 5.88 Å². The van der Waals surface area contributed by atoms with E-state index in [0.717, 1.165) is 37.2 Å². The van der Waals surface area contributed by atoms with Gasteiger partial charge in [-0.25, -0.2) is 4.98 Å². The van der Waals surface area contributed by atoms with Gasteiger partial charge in [0.15, 0.2) is 0 Å². The van der Waals surface area contributed by atoms with Gasteiger partial charge in [0, 0.05) is 23.2 Å². The number of aromatic nitrogens is 1. The lowest BCUT2D eigenvalue weighted by Gasteiger charge is -2.22. The van der Waals surface area contributed by atoms with Gasteiger partial charge in [-0.1, -0.05) is 25.1 Å². The van der Waals surface area contributed by atoms with Crippen LogP contribution in [0, 0.1) is 0 Å². The lowest BCUT2D eigenvalue weighted by molar-refractivity contribution is -0.275. The number of aryl methyl sites for hydroxylation is 1. The molecule has 1 fully saturated rings. The Morgan fingerprint density at radius 2 is 1.93 bits per heavy atom. The fourth-order valence-electron chi connectivity index (χ4n) is 3.17. The topological polar surface area (TPSA) is 43.4 Å². The van der Waals surface area contributed by atoms with Crippen LogP contribution in [0.1, 0.15) is 42.5 Å². The fourth-order valence-corrected chi connectivity index (χ4v) is 3.17. The highest BCUT2D eigenvalue weighted by atomic mass is 19.4. The van der Waals surface area contributed by atoms with E-state index in [4.69, 9.17) is 4.74 Å². The van der Waals surface area contributed by atoms with Crippen molar-refractivity contribution < 1.29 is 22.6 Å². The number of hydrogen-bond donors (Lipinski definition) is 1. The highest BCUT2D eigenvalue weighted by molar-refractivity contribution is 5.38. The van der Waals surface area contributed by atoms with Crippen LogP contribution in [-0.4, -0.2) is 24.4 Å². The number of rotatable bonds is 6. The Kier molecular flexibility index (Phi) is 6.21. The van der Waals surface area contributed by atoms with Gasteiger partial charge in [-0.05, 0) is 50.0 Å². The van der Waals surface area contributed by atoms with Crippen LogP contribution in [0.3, 0.4) is 0 Å². The first kappa shape index (κ1) is 19.5. The molecular formula is C20H23F3N2O2. The molecule has 0 aliphatic carbocycles. The average Bonchev–Trinajstić information content (AvgIpc) is 2.66. The van der Waals surface area contributed by atoms with Crippen LogP contribution in [0.2, 0.25) is 0 Å². The molecule has 2 heterocycles. The molecule has 0 radical (unpaired) electrons. The standard InChI is InChI=1S/C20H23F3N2O2/c1-2-14-6-7-16(18(12-14)27-20(21,22)23)13-26-19-5-3-4-17(25-19)15-8-10-24-11-9-15/h3-7,12,15,24H,2,8-11,13H2,1H3. The summed E-state index contributed by atoms with van der Waals surface area (Å²) in [5.41, 5.74) is 2.06. The number of alkyl halides is 3. The number of benzene rings is 1. The Bertz CT molecular complexity index is 759. The molecule has 146 valence electrons. The van der Waals surface area contributed by atoms with Gasteiger partial charge in [0.05, 0.1) is 0 Å². The van der Waals surface area contributed by atoms with Crippen molar-refractivity contribution in [1.82, 2.24) is 10.3 Å². The van der Waals surface area contributed by atoms with E-state index in [1.165, 1.54) is 6.07 Å². The lowest BCUT2D eigenvalue weighted by atomic mass is 9.94. The number of pyridine rings is 1. The van der Waals surface area contributed by atoms with Crippen molar-refractivity contribution in [2.24, 2.45) is 0 Å². The zero-order chi connectivity index (χ0) is 19.3. The Hall–Kier alpha value is -2.28. The molecule has 2 aromatic rings. The van der Waals surface area contributed by atoms with Gasteiger partial charge < -0.3 is 14.8 Å². The third kappa shape index (κ3) is 5.60. The Balaban J connectivity index is 1.72. The molecule has 3 rings (SSSR count). The number of nitrogens with zero attached hydrogens (tertiary/aromatic N) is 1. The quantitative estimate of drug-likeness (QED) is 0.796. The van der Waals surface area contributed by atoms with E-state index in [1.807, 2.05) is 19.1 Å². The second-order valence-corrected chi connectivity index (χ2v) is 6.56. The first-order chi connectivity index (χ1) is 12.9. The second kappa shape index (κ2) is 8.61. The van der Waals surface area contributed by atoms with Crippen molar-refractivity contribution in [2.45, 2.75) is 45.1 Å². The van der Waals surface area contributed by atoms with Crippen molar-refractivity contribution >= 4 is 0 Å². The SMILES string of the molecule is CCc1ccc(COc2cccc(C3CCNCC3)n2)c(OC(F)(F)F)c1. The zero-order valence-corrected chi connectivity index (χ0v) is 15.2. The summed E-state index contributed by atoms with van der Waals surface area (Å²) in [7, 11) is 0. The predicted octanol–water partition coefficient (Wildman–Crippen LogP) is 4.59. The summed E-state index contributed by atoms with van der Waals surface area (Å²) in [6.07, 6.45) is -2.10. The number of hydrogen-bond acceptors (Lipinski definition) is 4. The first-order valence-corrected chi connectivity index (χ1v) is 9.12. The van der Waals surface area contributed by atoms with Crippen LogP contribution in [-0.2, 0) is 13.0 Å². The van der Waals surface area contributed by atoms with Crippen LogP contribution < -0.4 is 14.8 Å². The van der Waals surface area contributed by atoms with Crippen molar-refractivity contribution in [2.75, 3.05) is 13.1 Å². The molecule has 1 saturated heterocycles. The molecule has 1 aromatic heterocycles. The second-order valence-electron chi connectivity index (χ2n) is 6.56. The van der Waals surface area contributed by atoms with Gasteiger partial charge in [-0.3, -0.25) is 0 Å². The highest BCUT2D eigenvalue weighted by Gasteiger charge is 2.32. The third-order valence-corrected chi connectivity index (χ3v) is 4.64. The maximum atomic E-state index is 12.7. The molecule has 1 aromatic carbocycles. The van der Waals surface area contributed by atoms with Gasteiger partial charge in [0.1, 0.15) is 12.4 Å². The average molecular weight is 380 g/mol. The smallest absolute Gasteiger partial charge is 0.473 e. The molecule has 0 saturated carbocycles. The third-order valence-electron chi connectivity index (χ3n) is 4.64. The highest BCUT2D eigenvalue weighted by Crippen LogP contribution is 2.29. The summed E-state index contributed by atoms with van der Waals surface area (Å²) in [4.78, 5) is 4.54. The zero-order valence-electron chi connectivity index (χ0n) is 15.2. The molecular weight excluding hydrogens is 357 g/mol. The summed E-state index contributed by atoms with van der Waals surface area (Å²) in [5.74, 6) is 0.558. The van der Waals surface area contributed by atoms with Crippen LogP contribution >= 0.6 is 0 Å². The minimum Gasteiger partial charge on any atom is -0.473 e. The van der Waals surface area contributed by atoms with Crippen LogP contribution in [0.5, 0.6) is 11.6 Å². The lowest BCUT2D eigenvalue weighted by Crippen LogP contribution is -2.27. The molecule has 1 N–H and O–H groups in total. The monoisotopic (exact) mass is 380 g/mol. The van der Waals surface area contributed by atoms with E-state index in [0.29, 0.717) is 23.8 Å². The molecule has 27 heavy (non-hydrogen) atoms. The van der Waals surface area contributed by atoms with Gasteiger partial charge >= 0.3 is 6.36 Å². The van der Waals surface area contributed by atoms with Gasteiger partial charge in [-0.15, -0.1) is 13.2 Å². The van der Waals surface area contributed by atoms with Crippen molar-refractivity contribution in [3.8, 4) is 11.6 Å². The van der Waals surface area contributed by atoms with Crippen molar-refractivity contribution in [3.63, 3.8) is 0 Å². The molecule has 1 aliphatic rings. The number of ether oxygens (including phenoxy) is 2. The molecule has 7 heteroatoms. The van der Waals surface area contributed by atoms with Gasteiger partial charge in [-0.2, -0.15) is 0 Å². The molecule has 0 unspecified atom stereocenters. The van der Waals surface area contributed by atoms with E-state index in [9.17, 15) is 13.2 Å². The summed E-state index contributed by atoms with van der Waals surface area (Å²) < 4.78 is 47.9. The summed E-state index contributed by atoms with van der Waals surface area (Å²) in [5, 5.41) is 3.32. The summed E-state index contributed by atoms with van der Waals surface area (Å²) in [6, 6.07) is 10.3. The minimum absolute atomic E-state index is 0.0436. The normalized spacial score (nSPS) is 15.6. The summed E-state index contributed by atoms with van der Waals surface area (Å²) >= 11 is 0. The molecule has 4 nitrogen and oxygen atoms in total. The Morgan fingerprint density at radius 1 is 1.15 bits per heavy atom. The van der Waals surface area contributed by atoms with E-state index in [2.05, 4.69) is 15.0 Å². The van der Waals surface area contributed by atoms with Crippen LogP contribution in [0.15, 0.2) is 36.4 Å². The number of piperidine rings is 1. The maximum Gasteiger partial charge on any atom is 0.573 e. The minimum atomic E-state index is -4.74. The first-order valence-electron chi connectivity index (χ1n) is 9.12. The van der Waals surface area contributed by atoms with Crippen LogP contribution in [0.25, 0.3) is 0 Å². The number of nitrogens with one attached hydrogen (secondary N) is 1. The molecule has 1 aliphatic heterocycles. The van der Waals surface area contributed by atoms with Crippen molar-refractivity contribution in [1.29, 1.82) is 0 Å². The van der Waals surface area contributed by atoms with E-state index < -0.39 is 6.36 Å². The van der Waals surface area contributed by atoms with E-state index in [1.54, 1.807) is 18.2 Å².